The summed E-state index contributed by atoms with van der Waals surface area (Å²) in [5.41, 5.74) is 0.931. The van der Waals surface area contributed by atoms with Crippen LogP contribution in [0.15, 0.2) is 18.2 Å². The molecule has 0 bridgehead atoms. The zero-order valence-electron chi connectivity index (χ0n) is 7.40. The highest BCUT2D eigenvalue weighted by Gasteiger charge is 2.10. The first kappa shape index (κ1) is 11.7. The van der Waals surface area contributed by atoms with E-state index in [4.69, 9.17) is 11.6 Å². The van der Waals surface area contributed by atoms with Crippen LogP contribution in [0.2, 0.25) is 0 Å². The Labute approximate surface area is 95.4 Å². The van der Waals surface area contributed by atoms with Crippen molar-refractivity contribution >= 4 is 33.3 Å². The highest BCUT2D eigenvalue weighted by Crippen LogP contribution is 2.14. The molecule has 0 saturated heterocycles. The molecule has 0 amide bonds. The molecule has 14 heavy (non-hydrogen) atoms. The Morgan fingerprint density at radius 2 is 2.21 bits per heavy atom. The van der Waals surface area contributed by atoms with Crippen LogP contribution < -0.4 is 0 Å². The topological polar surface area (TPSA) is 17.1 Å². The Morgan fingerprint density at radius 1 is 1.50 bits per heavy atom. The van der Waals surface area contributed by atoms with Crippen LogP contribution in [0.4, 0.5) is 4.39 Å². The van der Waals surface area contributed by atoms with E-state index in [9.17, 15) is 9.18 Å². The lowest BCUT2D eigenvalue weighted by molar-refractivity contribution is 0.0985. The number of carbonyl (C=O) groups is 1. The zero-order chi connectivity index (χ0) is 10.6. The number of hydrogen-bond acceptors (Lipinski definition) is 1. The minimum absolute atomic E-state index is 0.121. The fourth-order valence-corrected chi connectivity index (χ4v) is 1.61. The lowest BCUT2D eigenvalue weighted by Crippen LogP contribution is -2.03. The van der Waals surface area contributed by atoms with E-state index in [1.807, 2.05) is 0 Å². The summed E-state index contributed by atoms with van der Waals surface area (Å²) in [5, 5.41) is 0.577. The van der Waals surface area contributed by atoms with Gasteiger partial charge in [0.15, 0.2) is 5.78 Å². The van der Waals surface area contributed by atoms with Gasteiger partial charge < -0.3 is 0 Å². The summed E-state index contributed by atoms with van der Waals surface area (Å²) >= 11 is 8.62. The molecule has 1 aromatic carbocycles. The Hall–Kier alpha value is -0.410. The number of hydrogen-bond donors (Lipinski definition) is 0. The summed E-state index contributed by atoms with van der Waals surface area (Å²) in [7, 11) is 0. The third-order valence-corrected chi connectivity index (χ3v) is 2.65. The SMILES string of the molecule is O=C(CCCl)c1ccc(CBr)cc1F. The lowest BCUT2D eigenvalue weighted by Gasteiger charge is -2.02. The van der Waals surface area contributed by atoms with Crippen LogP contribution in [-0.2, 0) is 5.33 Å². The molecule has 0 aliphatic heterocycles. The molecule has 0 aliphatic carbocycles. The van der Waals surface area contributed by atoms with Crippen LogP contribution in [-0.4, -0.2) is 11.7 Å². The van der Waals surface area contributed by atoms with Crippen molar-refractivity contribution in [1.82, 2.24) is 0 Å². The summed E-state index contributed by atoms with van der Waals surface area (Å²) in [6.45, 7) is 0. The van der Waals surface area contributed by atoms with Gasteiger partial charge >= 0.3 is 0 Å². The molecule has 0 radical (unpaired) electrons. The first-order valence-electron chi connectivity index (χ1n) is 4.12. The van der Waals surface area contributed by atoms with Crippen LogP contribution in [0.1, 0.15) is 22.3 Å². The van der Waals surface area contributed by atoms with E-state index in [0.29, 0.717) is 5.33 Å². The van der Waals surface area contributed by atoms with Crippen molar-refractivity contribution in [3.63, 3.8) is 0 Å². The first-order chi connectivity index (χ1) is 6.69. The fraction of sp³-hybridized carbons (Fsp3) is 0.300. The fourth-order valence-electron chi connectivity index (χ4n) is 1.09. The smallest absolute Gasteiger partial charge is 0.167 e. The van der Waals surface area contributed by atoms with Crippen molar-refractivity contribution in [2.45, 2.75) is 11.8 Å². The average molecular weight is 280 g/mol. The molecule has 0 unspecified atom stereocenters. The predicted octanol–water partition coefficient (Wildman–Crippen LogP) is 3.53. The summed E-state index contributed by atoms with van der Waals surface area (Å²) in [6.07, 6.45) is 0.173. The van der Waals surface area contributed by atoms with Gasteiger partial charge in [-0.3, -0.25) is 4.79 Å². The Morgan fingerprint density at radius 3 is 2.71 bits per heavy atom. The van der Waals surface area contributed by atoms with E-state index in [-0.39, 0.29) is 23.6 Å². The second-order valence-corrected chi connectivity index (χ2v) is 3.75. The van der Waals surface area contributed by atoms with Crippen LogP contribution in [0.25, 0.3) is 0 Å². The number of halogens is 3. The third-order valence-electron chi connectivity index (χ3n) is 1.81. The van der Waals surface area contributed by atoms with Gasteiger partial charge in [-0.05, 0) is 17.7 Å². The monoisotopic (exact) mass is 278 g/mol. The standard InChI is InChI=1S/C10H9BrClFO/c11-6-7-1-2-8(9(13)5-7)10(14)3-4-12/h1-2,5H,3-4,6H2. The van der Waals surface area contributed by atoms with E-state index in [1.165, 1.54) is 12.1 Å². The molecule has 0 fully saturated rings. The van der Waals surface area contributed by atoms with E-state index in [2.05, 4.69) is 15.9 Å². The van der Waals surface area contributed by atoms with Gasteiger partial charge in [0.05, 0.1) is 5.56 Å². The van der Waals surface area contributed by atoms with E-state index < -0.39 is 5.82 Å². The Balaban J connectivity index is 2.94. The molecule has 4 heteroatoms. The van der Waals surface area contributed by atoms with Crippen LogP contribution in [0.5, 0.6) is 0 Å². The van der Waals surface area contributed by atoms with E-state index in [0.717, 1.165) is 5.56 Å². The highest BCUT2D eigenvalue weighted by atomic mass is 79.9. The number of ketones is 1. The number of carbonyl (C=O) groups excluding carboxylic acids is 1. The molecule has 1 nitrogen and oxygen atoms in total. The average Bonchev–Trinajstić information content (AvgIpc) is 2.17. The molecule has 0 aliphatic rings. The molecule has 1 aromatic rings. The van der Waals surface area contributed by atoms with Crippen molar-refractivity contribution in [3.8, 4) is 0 Å². The summed E-state index contributed by atoms with van der Waals surface area (Å²) < 4.78 is 13.3. The van der Waals surface area contributed by atoms with E-state index in [1.54, 1.807) is 6.07 Å². The van der Waals surface area contributed by atoms with Crippen molar-refractivity contribution in [2.75, 3.05) is 5.88 Å². The molecule has 0 saturated carbocycles. The summed E-state index contributed by atoms with van der Waals surface area (Å²) in [5.74, 6) is -0.506. The number of alkyl halides is 2. The second kappa shape index (κ2) is 5.47. The molecule has 0 N–H and O–H groups in total. The van der Waals surface area contributed by atoms with Gasteiger partial charge in [-0.1, -0.05) is 22.0 Å². The minimum Gasteiger partial charge on any atom is -0.294 e. The molecule has 0 aromatic heterocycles. The normalized spacial score (nSPS) is 10.2. The summed E-state index contributed by atoms with van der Waals surface area (Å²) in [6, 6.07) is 4.58. The third kappa shape index (κ3) is 2.79. The van der Waals surface area contributed by atoms with Gasteiger partial charge in [0.25, 0.3) is 0 Å². The maximum Gasteiger partial charge on any atom is 0.167 e. The van der Waals surface area contributed by atoms with Gasteiger partial charge in [0, 0.05) is 17.6 Å². The quantitative estimate of drug-likeness (QED) is 0.609. The zero-order valence-corrected chi connectivity index (χ0v) is 9.74. The van der Waals surface area contributed by atoms with Crippen molar-refractivity contribution < 1.29 is 9.18 Å². The van der Waals surface area contributed by atoms with E-state index >= 15 is 0 Å². The maximum absolute atomic E-state index is 13.3. The predicted molar refractivity (Wildman–Crippen MR) is 58.7 cm³/mol. The minimum atomic E-state index is -0.475. The van der Waals surface area contributed by atoms with Gasteiger partial charge in [-0.25, -0.2) is 4.39 Å². The highest BCUT2D eigenvalue weighted by molar-refractivity contribution is 9.08. The van der Waals surface area contributed by atoms with Crippen LogP contribution in [0, 0.1) is 5.82 Å². The molecular formula is C10H9BrClFO. The lowest BCUT2D eigenvalue weighted by atomic mass is 10.1. The van der Waals surface area contributed by atoms with Gasteiger partial charge in [-0.2, -0.15) is 0 Å². The molecule has 1 rings (SSSR count). The van der Waals surface area contributed by atoms with Crippen molar-refractivity contribution in [1.29, 1.82) is 0 Å². The number of rotatable bonds is 4. The number of Topliss-reactive ketones (excluding diaryl/α,β-unsaturated/α-hetero) is 1. The first-order valence-corrected chi connectivity index (χ1v) is 5.78. The molecule has 76 valence electrons. The second-order valence-electron chi connectivity index (χ2n) is 2.81. The molecule has 0 spiro atoms. The van der Waals surface area contributed by atoms with Crippen molar-refractivity contribution in [3.05, 3.63) is 35.1 Å². The van der Waals surface area contributed by atoms with Gasteiger partial charge in [-0.15, -0.1) is 11.6 Å². The van der Waals surface area contributed by atoms with Crippen molar-refractivity contribution in [2.24, 2.45) is 0 Å². The number of benzene rings is 1. The summed E-state index contributed by atoms with van der Waals surface area (Å²) in [4.78, 5) is 11.3. The van der Waals surface area contributed by atoms with Crippen LogP contribution in [0.3, 0.4) is 0 Å². The molecule has 0 atom stereocenters. The molecule has 0 heterocycles. The van der Waals surface area contributed by atoms with Gasteiger partial charge in [0.1, 0.15) is 5.82 Å². The molecular weight excluding hydrogens is 270 g/mol. The van der Waals surface area contributed by atoms with Crippen LogP contribution >= 0.6 is 27.5 Å². The Bertz CT molecular complexity index is 341. The largest absolute Gasteiger partial charge is 0.294 e. The maximum atomic E-state index is 13.3. The van der Waals surface area contributed by atoms with Gasteiger partial charge in [0.2, 0.25) is 0 Å². The Kier molecular flexibility index (Phi) is 4.55.